The summed E-state index contributed by atoms with van der Waals surface area (Å²) < 4.78 is 1.11. The van der Waals surface area contributed by atoms with Crippen LogP contribution in [0.3, 0.4) is 0 Å². The summed E-state index contributed by atoms with van der Waals surface area (Å²) in [7, 11) is 0. The van der Waals surface area contributed by atoms with Gasteiger partial charge >= 0.3 is 0 Å². The maximum Gasteiger partial charge on any atom is 0.0611 e. The zero-order valence-electron chi connectivity index (χ0n) is 9.75. The molecule has 0 amide bonds. The van der Waals surface area contributed by atoms with E-state index in [0.29, 0.717) is 0 Å². The molecule has 1 aliphatic rings. The van der Waals surface area contributed by atoms with Gasteiger partial charge in [-0.05, 0) is 43.4 Å². The fraction of sp³-hybridized carbons (Fsp3) is 0.538. The van der Waals surface area contributed by atoms with Crippen LogP contribution in [0.2, 0.25) is 0 Å². The predicted molar refractivity (Wildman–Crippen MR) is 73.8 cm³/mol. The molecule has 0 saturated heterocycles. The molecule has 1 saturated carbocycles. The molecule has 2 rings (SSSR count). The molecule has 0 atom stereocenters. The molecule has 1 aromatic carbocycles. The number of anilines is 2. The van der Waals surface area contributed by atoms with Crippen molar-refractivity contribution in [3.63, 3.8) is 0 Å². The van der Waals surface area contributed by atoms with Crippen LogP contribution in [0, 0.1) is 5.92 Å². The maximum atomic E-state index is 6.05. The third-order valence-corrected chi connectivity index (χ3v) is 3.50. The van der Waals surface area contributed by atoms with Crippen LogP contribution in [0.4, 0.5) is 11.4 Å². The highest BCUT2D eigenvalue weighted by Gasteiger charge is 2.24. The number of nitrogens with zero attached hydrogens (tertiary/aromatic N) is 1. The number of hydrogen-bond donors (Lipinski definition) is 1. The largest absolute Gasteiger partial charge is 0.397 e. The fourth-order valence-corrected chi connectivity index (χ4v) is 2.33. The molecule has 0 spiro atoms. The van der Waals surface area contributed by atoms with Crippen molar-refractivity contribution in [2.24, 2.45) is 5.92 Å². The van der Waals surface area contributed by atoms with E-state index in [0.717, 1.165) is 29.2 Å². The smallest absolute Gasteiger partial charge is 0.0611 e. The first-order chi connectivity index (χ1) is 7.70. The SMILES string of the molecule is CCCN(CC1CC1)c1cc(Br)ccc1N. The summed E-state index contributed by atoms with van der Waals surface area (Å²) in [5, 5.41) is 0. The van der Waals surface area contributed by atoms with Crippen LogP contribution in [0.15, 0.2) is 22.7 Å². The highest BCUT2D eigenvalue weighted by molar-refractivity contribution is 9.10. The number of nitrogens with two attached hydrogens (primary N) is 1. The van der Waals surface area contributed by atoms with Crippen molar-refractivity contribution in [2.45, 2.75) is 26.2 Å². The molecule has 1 aliphatic carbocycles. The summed E-state index contributed by atoms with van der Waals surface area (Å²) in [6.45, 7) is 4.47. The first-order valence-corrected chi connectivity index (χ1v) is 6.80. The van der Waals surface area contributed by atoms with E-state index < -0.39 is 0 Å². The highest BCUT2D eigenvalue weighted by atomic mass is 79.9. The number of halogens is 1. The van der Waals surface area contributed by atoms with Crippen LogP contribution < -0.4 is 10.6 Å². The molecule has 0 bridgehead atoms. The van der Waals surface area contributed by atoms with E-state index in [4.69, 9.17) is 5.73 Å². The second kappa shape index (κ2) is 5.09. The van der Waals surface area contributed by atoms with Gasteiger partial charge < -0.3 is 10.6 Å². The molecule has 0 aliphatic heterocycles. The van der Waals surface area contributed by atoms with Crippen LogP contribution in [0.5, 0.6) is 0 Å². The number of nitrogen functional groups attached to an aromatic ring is 1. The maximum absolute atomic E-state index is 6.05. The van der Waals surface area contributed by atoms with E-state index in [9.17, 15) is 0 Å². The monoisotopic (exact) mass is 282 g/mol. The van der Waals surface area contributed by atoms with Crippen LogP contribution >= 0.6 is 15.9 Å². The zero-order chi connectivity index (χ0) is 11.5. The Labute approximate surface area is 106 Å². The second-order valence-electron chi connectivity index (χ2n) is 4.59. The van der Waals surface area contributed by atoms with Gasteiger partial charge in [-0.2, -0.15) is 0 Å². The lowest BCUT2D eigenvalue weighted by Crippen LogP contribution is -2.27. The summed E-state index contributed by atoms with van der Waals surface area (Å²) in [6.07, 6.45) is 3.93. The number of hydrogen-bond acceptors (Lipinski definition) is 2. The first-order valence-electron chi connectivity index (χ1n) is 6.00. The molecule has 0 unspecified atom stereocenters. The van der Waals surface area contributed by atoms with Gasteiger partial charge in [0, 0.05) is 17.6 Å². The minimum Gasteiger partial charge on any atom is -0.397 e. The Bertz CT molecular complexity index is 361. The molecule has 0 radical (unpaired) electrons. The topological polar surface area (TPSA) is 29.3 Å². The Morgan fingerprint density at radius 3 is 2.81 bits per heavy atom. The zero-order valence-corrected chi connectivity index (χ0v) is 11.3. The molecule has 1 fully saturated rings. The summed E-state index contributed by atoms with van der Waals surface area (Å²) in [5.74, 6) is 0.893. The molecular weight excluding hydrogens is 264 g/mol. The van der Waals surface area contributed by atoms with Crippen molar-refractivity contribution >= 4 is 27.3 Å². The summed E-state index contributed by atoms with van der Waals surface area (Å²) in [4.78, 5) is 2.43. The van der Waals surface area contributed by atoms with Crippen molar-refractivity contribution in [1.29, 1.82) is 0 Å². The van der Waals surface area contributed by atoms with Crippen molar-refractivity contribution in [2.75, 3.05) is 23.7 Å². The van der Waals surface area contributed by atoms with Gasteiger partial charge in [-0.15, -0.1) is 0 Å². The quantitative estimate of drug-likeness (QED) is 0.836. The van der Waals surface area contributed by atoms with Gasteiger partial charge in [-0.25, -0.2) is 0 Å². The van der Waals surface area contributed by atoms with Crippen molar-refractivity contribution in [1.82, 2.24) is 0 Å². The molecule has 16 heavy (non-hydrogen) atoms. The normalized spacial score (nSPS) is 15.1. The van der Waals surface area contributed by atoms with Crippen LogP contribution in [0.1, 0.15) is 26.2 Å². The van der Waals surface area contributed by atoms with E-state index in [2.05, 4.69) is 33.8 Å². The van der Waals surface area contributed by atoms with Gasteiger partial charge in [0.15, 0.2) is 0 Å². The lowest BCUT2D eigenvalue weighted by molar-refractivity contribution is 0.709. The Morgan fingerprint density at radius 2 is 2.19 bits per heavy atom. The lowest BCUT2D eigenvalue weighted by Gasteiger charge is -2.26. The van der Waals surface area contributed by atoms with E-state index in [1.54, 1.807) is 0 Å². The van der Waals surface area contributed by atoms with E-state index in [-0.39, 0.29) is 0 Å². The minimum atomic E-state index is 0.886. The highest BCUT2D eigenvalue weighted by Crippen LogP contribution is 2.34. The van der Waals surface area contributed by atoms with E-state index in [1.807, 2.05) is 12.1 Å². The van der Waals surface area contributed by atoms with Gasteiger partial charge in [0.05, 0.1) is 11.4 Å². The van der Waals surface area contributed by atoms with Gasteiger partial charge in [0.1, 0.15) is 0 Å². The third-order valence-electron chi connectivity index (χ3n) is 3.00. The van der Waals surface area contributed by atoms with Crippen molar-refractivity contribution < 1.29 is 0 Å². The number of benzene rings is 1. The van der Waals surface area contributed by atoms with Gasteiger partial charge in [-0.1, -0.05) is 22.9 Å². The van der Waals surface area contributed by atoms with Crippen LogP contribution in [-0.2, 0) is 0 Å². The molecular formula is C13H19BrN2. The summed E-state index contributed by atoms with van der Waals surface area (Å²) >= 11 is 3.52. The Hall–Kier alpha value is -0.700. The molecule has 2 N–H and O–H groups in total. The Kier molecular flexibility index (Phi) is 3.74. The molecule has 0 aromatic heterocycles. The molecule has 0 heterocycles. The average Bonchev–Trinajstić information content (AvgIpc) is 3.05. The van der Waals surface area contributed by atoms with Crippen molar-refractivity contribution in [3.05, 3.63) is 22.7 Å². The van der Waals surface area contributed by atoms with Crippen molar-refractivity contribution in [3.8, 4) is 0 Å². The van der Waals surface area contributed by atoms with E-state index in [1.165, 1.54) is 24.9 Å². The summed E-state index contributed by atoms with van der Waals surface area (Å²) in [6, 6.07) is 6.11. The minimum absolute atomic E-state index is 0.886. The Morgan fingerprint density at radius 1 is 1.44 bits per heavy atom. The third kappa shape index (κ3) is 2.91. The van der Waals surface area contributed by atoms with Crippen LogP contribution in [0.25, 0.3) is 0 Å². The average molecular weight is 283 g/mol. The van der Waals surface area contributed by atoms with Gasteiger partial charge in [-0.3, -0.25) is 0 Å². The summed E-state index contributed by atoms with van der Waals surface area (Å²) in [5.41, 5.74) is 8.12. The van der Waals surface area contributed by atoms with Crippen LogP contribution in [-0.4, -0.2) is 13.1 Å². The predicted octanol–water partition coefficient (Wildman–Crippen LogP) is 3.66. The molecule has 1 aromatic rings. The second-order valence-corrected chi connectivity index (χ2v) is 5.51. The van der Waals surface area contributed by atoms with Gasteiger partial charge in [0.25, 0.3) is 0 Å². The molecule has 88 valence electrons. The van der Waals surface area contributed by atoms with Gasteiger partial charge in [0.2, 0.25) is 0 Å². The fourth-order valence-electron chi connectivity index (χ4n) is 1.98. The molecule has 2 nitrogen and oxygen atoms in total. The standard InChI is InChI=1S/C13H19BrN2/c1-2-7-16(9-10-3-4-10)13-8-11(14)5-6-12(13)15/h5-6,8,10H,2-4,7,9,15H2,1H3. The molecule has 3 heteroatoms. The number of rotatable bonds is 5. The van der Waals surface area contributed by atoms with E-state index >= 15 is 0 Å². The first kappa shape index (κ1) is 11.8. The lowest BCUT2D eigenvalue weighted by atomic mass is 10.2. The Balaban J connectivity index is 2.18.